The lowest BCUT2D eigenvalue weighted by Gasteiger charge is -2.43. The van der Waals surface area contributed by atoms with Crippen LogP contribution in [0.5, 0.6) is 5.75 Å². The maximum Gasteiger partial charge on any atom is 0.338 e. The van der Waals surface area contributed by atoms with E-state index in [2.05, 4.69) is 0 Å². The van der Waals surface area contributed by atoms with Gasteiger partial charge in [0.15, 0.2) is 6.29 Å². The highest BCUT2D eigenvalue weighted by Crippen LogP contribution is 2.45. The van der Waals surface area contributed by atoms with Gasteiger partial charge in [0.1, 0.15) is 36.8 Å². The monoisotopic (exact) mass is 524 g/mol. The van der Waals surface area contributed by atoms with Gasteiger partial charge in [0.25, 0.3) is 0 Å². The van der Waals surface area contributed by atoms with Gasteiger partial charge >= 0.3 is 11.9 Å². The predicted octanol–water partition coefficient (Wildman–Crippen LogP) is -1.69. The zero-order chi connectivity index (χ0) is 26.9. The van der Waals surface area contributed by atoms with Crippen LogP contribution in [0.3, 0.4) is 0 Å². The highest BCUT2D eigenvalue weighted by Gasteiger charge is 2.52. The Hall–Kier alpha value is -3.04. The summed E-state index contributed by atoms with van der Waals surface area (Å²) < 4.78 is 26.9. The van der Waals surface area contributed by atoms with Gasteiger partial charge in [0.2, 0.25) is 6.29 Å². The van der Waals surface area contributed by atoms with E-state index in [4.69, 9.17) is 23.7 Å². The van der Waals surface area contributed by atoms with E-state index in [1.165, 1.54) is 30.3 Å². The highest BCUT2D eigenvalue weighted by molar-refractivity contribution is 5.90. The van der Waals surface area contributed by atoms with Crippen molar-refractivity contribution in [3.8, 4) is 5.75 Å². The predicted molar refractivity (Wildman–Crippen MR) is 119 cm³/mol. The Bertz CT molecular complexity index is 1050. The number of aliphatic hydroxyl groups excluding tert-OH is 5. The summed E-state index contributed by atoms with van der Waals surface area (Å²) in [5.74, 6) is -3.37. The molecule has 2 aliphatic heterocycles. The normalized spacial score (nSPS) is 35.0. The number of phenols is 1. The van der Waals surface area contributed by atoms with Crippen molar-refractivity contribution in [2.45, 2.75) is 43.1 Å². The average molecular weight is 524 g/mol. The van der Waals surface area contributed by atoms with Crippen LogP contribution in [0.15, 0.2) is 47.7 Å². The molecule has 9 atom stereocenters. The fourth-order valence-electron chi connectivity index (χ4n) is 4.61. The molecule has 0 unspecified atom stereocenters. The van der Waals surface area contributed by atoms with Crippen LogP contribution in [-0.4, -0.2) is 106 Å². The Morgan fingerprint density at radius 3 is 2.30 bits per heavy atom. The minimum atomic E-state index is -1.73. The number of aromatic hydroxyl groups is 1. The average Bonchev–Trinajstić information content (AvgIpc) is 3.24. The lowest BCUT2D eigenvalue weighted by Crippen LogP contribution is -2.60. The van der Waals surface area contributed by atoms with Crippen molar-refractivity contribution in [3.05, 3.63) is 53.3 Å². The van der Waals surface area contributed by atoms with Gasteiger partial charge in [0, 0.05) is 5.92 Å². The summed E-state index contributed by atoms with van der Waals surface area (Å²) in [6, 6.07) is 5.37. The van der Waals surface area contributed by atoms with Crippen LogP contribution in [0, 0.1) is 11.8 Å². The minimum Gasteiger partial charge on any atom is -0.508 e. The number of ether oxygens (including phenoxy) is 5. The number of methoxy groups -OCH3 is 1. The topological polar surface area (TPSA) is 202 Å². The Morgan fingerprint density at radius 1 is 0.946 bits per heavy atom. The molecule has 2 heterocycles. The first-order valence-corrected chi connectivity index (χ1v) is 11.4. The number of phenolic OH excluding ortho intramolecular Hbond substituents is 1. The number of benzene rings is 1. The van der Waals surface area contributed by atoms with Gasteiger partial charge in [-0.1, -0.05) is 6.08 Å². The SMILES string of the molecule is COC(=O)C1=CO[C@@H](O[C@@H]2O[C@H](CO)[C@@H](O)[C@H](O)[C@H]2O)[C@@H]2C(COC(=O)c3ccc(O)cc3)=C[C@@H](O)[C@H]12. The second kappa shape index (κ2) is 11.1. The number of carbonyl (C=O) groups is 2. The molecule has 1 aliphatic carbocycles. The number of esters is 2. The van der Waals surface area contributed by atoms with E-state index >= 15 is 0 Å². The fraction of sp³-hybridized carbons (Fsp3) is 0.500. The smallest absolute Gasteiger partial charge is 0.338 e. The summed E-state index contributed by atoms with van der Waals surface area (Å²) in [7, 11) is 1.16. The van der Waals surface area contributed by atoms with E-state index in [1.807, 2.05) is 0 Å². The molecule has 0 aromatic heterocycles. The third-order valence-electron chi connectivity index (χ3n) is 6.56. The van der Waals surface area contributed by atoms with Gasteiger partial charge in [-0.15, -0.1) is 0 Å². The Labute approximate surface area is 210 Å². The van der Waals surface area contributed by atoms with Gasteiger partial charge < -0.3 is 54.3 Å². The first-order valence-electron chi connectivity index (χ1n) is 11.4. The minimum absolute atomic E-state index is 0.00948. The third kappa shape index (κ3) is 5.33. The van der Waals surface area contributed by atoms with Crippen LogP contribution in [-0.2, 0) is 28.5 Å². The van der Waals surface area contributed by atoms with E-state index in [-0.39, 0.29) is 23.5 Å². The number of aliphatic hydroxyl groups is 5. The molecule has 13 nitrogen and oxygen atoms in total. The number of hydrogen-bond acceptors (Lipinski definition) is 13. The van der Waals surface area contributed by atoms with Crippen molar-refractivity contribution in [2.24, 2.45) is 11.8 Å². The van der Waals surface area contributed by atoms with Crippen molar-refractivity contribution in [1.29, 1.82) is 0 Å². The number of fused-ring (bicyclic) bond motifs is 1. The van der Waals surface area contributed by atoms with E-state index in [0.29, 0.717) is 5.57 Å². The van der Waals surface area contributed by atoms with Crippen molar-refractivity contribution in [3.63, 3.8) is 0 Å². The molecule has 1 saturated heterocycles. The summed E-state index contributed by atoms with van der Waals surface area (Å²) >= 11 is 0. The van der Waals surface area contributed by atoms with E-state index in [9.17, 15) is 40.2 Å². The summed E-state index contributed by atoms with van der Waals surface area (Å²) in [5, 5.41) is 60.1. The molecule has 1 fully saturated rings. The molecule has 0 bridgehead atoms. The Balaban J connectivity index is 1.56. The molecule has 37 heavy (non-hydrogen) atoms. The zero-order valence-electron chi connectivity index (χ0n) is 19.6. The molecular weight excluding hydrogens is 496 g/mol. The quantitative estimate of drug-likeness (QED) is 0.174. The second-order valence-electron chi connectivity index (χ2n) is 8.81. The summed E-state index contributed by atoms with van der Waals surface area (Å²) in [6.45, 7) is -1.00. The van der Waals surface area contributed by atoms with Gasteiger partial charge in [-0.2, -0.15) is 0 Å². The zero-order valence-corrected chi connectivity index (χ0v) is 19.6. The molecular formula is C24H28O13. The largest absolute Gasteiger partial charge is 0.508 e. The van der Waals surface area contributed by atoms with Crippen molar-refractivity contribution in [2.75, 3.05) is 20.3 Å². The lowest BCUT2D eigenvalue weighted by atomic mass is 9.82. The van der Waals surface area contributed by atoms with E-state index in [0.717, 1.165) is 13.4 Å². The molecule has 1 aromatic carbocycles. The third-order valence-corrected chi connectivity index (χ3v) is 6.56. The van der Waals surface area contributed by atoms with Gasteiger partial charge in [-0.25, -0.2) is 9.59 Å². The second-order valence-corrected chi connectivity index (χ2v) is 8.81. The molecule has 13 heteroatoms. The maximum atomic E-state index is 12.5. The highest BCUT2D eigenvalue weighted by atomic mass is 16.8. The first kappa shape index (κ1) is 27.0. The molecule has 0 radical (unpaired) electrons. The molecule has 0 saturated carbocycles. The Kier molecular flexibility index (Phi) is 8.14. The van der Waals surface area contributed by atoms with Crippen molar-refractivity contribution >= 4 is 11.9 Å². The molecule has 0 spiro atoms. The van der Waals surface area contributed by atoms with E-state index in [1.54, 1.807) is 0 Å². The van der Waals surface area contributed by atoms with Gasteiger partial charge in [-0.3, -0.25) is 0 Å². The molecule has 4 rings (SSSR count). The van der Waals surface area contributed by atoms with Crippen LogP contribution in [0.1, 0.15) is 10.4 Å². The summed E-state index contributed by atoms with van der Waals surface area (Å²) in [6.07, 6.45) is -7.93. The van der Waals surface area contributed by atoms with Gasteiger partial charge in [0.05, 0.1) is 43.1 Å². The van der Waals surface area contributed by atoms with Crippen LogP contribution in [0.2, 0.25) is 0 Å². The number of carbonyl (C=O) groups excluding carboxylic acids is 2. The maximum absolute atomic E-state index is 12.5. The van der Waals surface area contributed by atoms with E-state index < -0.39 is 73.5 Å². The molecule has 202 valence electrons. The molecule has 0 amide bonds. The van der Waals surface area contributed by atoms with Gasteiger partial charge in [-0.05, 0) is 29.8 Å². The van der Waals surface area contributed by atoms with Crippen molar-refractivity contribution < 1.29 is 63.9 Å². The number of rotatable bonds is 7. The van der Waals surface area contributed by atoms with Crippen LogP contribution >= 0.6 is 0 Å². The fourth-order valence-corrected chi connectivity index (χ4v) is 4.61. The van der Waals surface area contributed by atoms with Crippen LogP contribution < -0.4 is 0 Å². The Morgan fingerprint density at radius 2 is 1.65 bits per heavy atom. The molecule has 6 N–H and O–H groups in total. The van der Waals surface area contributed by atoms with Crippen LogP contribution in [0.25, 0.3) is 0 Å². The lowest BCUT2D eigenvalue weighted by molar-refractivity contribution is -0.340. The van der Waals surface area contributed by atoms with Crippen LogP contribution in [0.4, 0.5) is 0 Å². The molecule has 1 aromatic rings. The summed E-state index contributed by atoms with van der Waals surface area (Å²) in [4.78, 5) is 24.8. The molecule has 3 aliphatic rings. The summed E-state index contributed by atoms with van der Waals surface area (Å²) in [5.41, 5.74) is 0.483. The standard InChI is InChI=1S/C24H28O13/c1-33-22(32)13-9-35-23(37-24-20(30)19(29)18(28)15(7-25)36-24)16-11(6-14(27)17(13)16)8-34-21(31)10-2-4-12(26)5-3-10/h2-6,9,14-20,23-30H,7-8H2,1H3/t14-,15-,16-,17+,18-,19+,20-,23+,24+/m1/s1. The first-order chi connectivity index (χ1) is 17.7. The number of hydrogen-bond donors (Lipinski definition) is 6. The van der Waals surface area contributed by atoms with Crippen molar-refractivity contribution in [1.82, 2.24) is 0 Å².